The summed E-state index contributed by atoms with van der Waals surface area (Å²) >= 11 is 5.95. The van der Waals surface area contributed by atoms with E-state index in [1.165, 1.54) is 32.4 Å². The lowest BCUT2D eigenvalue weighted by Gasteiger charge is -2.13. The molecule has 0 aliphatic carbocycles. The summed E-state index contributed by atoms with van der Waals surface area (Å²) < 4.78 is 37.3. The summed E-state index contributed by atoms with van der Waals surface area (Å²) in [7, 11) is 2.77. The fourth-order valence-electron chi connectivity index (χ4n) is 1.86. The number of halogens is 3. The quantitative estimate of drug-likeness (QED) is 0.926. The van der Waals surface area contributed by atoms with Crippen LogP contribution in [0, 0.1) is 11.6 Å². The summed E-state index contributed by atoms with van der Waals surface area (Å²) in [5.41, 5.74) is -0.505. The van der Waals surface area contributed by atoms with Gasteiger partial charge < -0.3 is 14.8 Å². The Morgan fingerprint density at radius 3 is 2.23 bits per heavy atom. The summed E-state index contributed by atoms with van der Waals surface area (Å²) in [4.78, 5) is 12.1. The number of hydrogen-bond acceptors (Lipinski definition) is 3. The third-order valence-corrected chi connectivity index (χ3v) is 3.21. The number of methoxy groups -OCH3 is 2. The average Bonchev–Trinajstić information content (AvgIpc) is 2.48. The van der Waals surface area contributed by atoms with Gasteiger partial charge in [0.25, 0.3) is 5.91 Å². The fourth-order valence-corrected chi connectivity index (χ4v) is 2.09. The second kappa shape index (κ2) is 6.62. The molecule has 2 rings (SSSR count). The van der Waals surface area contributed by atoms with E-state index >= 15 is 0 Å². The van der Waals surface area contributed by atoms with Crippen LogP contribution >= 0.6 is 11.6 Å². The van der Waals surface area contributed by atoms with Crippen LogP contribution in [0.3, 0.4) is 0 Å². The molecule has 0 saturated carbocycles. The average molecular weight is 328 g/mol. The molecule has 1 N–H and O–H groups in total. The number of carbonyl (C=O) groups excluding carboxylic acids is 1. The third kappa shape index (κ3) is 3.12. The highest BCUT2D eigenvalue weighted by atomic mass is 35.5. The SMILES string of the molecule is COc1cc(NC(=O)c2c(F)cccc2F)c(OC)cc1Cl. The van der Waals surface area contributed by atoms with Crippen LogP contribution in [0.4, 0.5) is 14.5 Å². The number of nitrogens with one attached hydrogen (secondary N) is 1. The van der Waals surface area contributed by atoms with Gasteiger partial charge in [-0.05, 0) is 12.1 Å². The van der Waals surface area contributed by atoms with E-state index < -0.39 is 23.1 Å². The Morgan fingerprint density at radius 1 is 1.09 bits per heavy atom. The number of hydrogen-bond donors (Lipinski definition) is 1. The standard InChI is InChI=1S/C15H12ClF2NO3/c1-21-12-7-11(13(22-2)6-8(12)16)19-15(20)14-9(17)4-3-5-10(14)18/h3-7H,1-2H3,(H,19,20). The Hall–Kier alpha value is -2.34. The van der Waals surface area contributed by atoms with E-state index in [-0.39, 0.29) is 22.2 Å². The summed E-state index contributed by atoms with van der Waals surface area (Å²) in [6.07, 6.45) is 0. The zero-order valence-electron chi connectivity index (χ0n) is 11.7. The first-order valence-corrected chi connectivity index (χ1v) is 6.52. The molecule has 0 atom stereocenters. The molecule has 0 saturated heterocycles. The highest BCUT2D eigenvalue weighted by molar-refractivity contribution is 6.32. The van der Waals surface area contributed by atoms with Gasteiger partial charge in [0.2, 0.25) is 0 Å². The number of anilines is 1. The van der Waals surface area contributed by atoms with Gasteiger partial charge in [-0.15, -0.1) is 0 Å². The van der Waals surface area contributed by atoms with E-state index in [0.717, 1.165) is 12.1 Å². The summed E-state index contributed by atoms with van der Waals surface area (Å²) in [6, 6.07) is 5.99. The second-order valence-electron chi connectivity index (χ2n) is 4.24. The molecule has 2 aromatic rings. The van der Waals surface area contributed by atoms with E-state index in [1.807, 2.05) is 0 Å². The molecule has 0 unspecified atom stereocenters. The molecule has 2 aromatic carbocycles. The minimum atomic E-state index is -0.961. The van der Waals surface area contributed by atoms with Crippen molar-refractivity contribution in [2.24, 2.45) is 0 Å². The predicted octanol–water partition coefficient (Wildman–Crippen LogP) is 3.89. The molecule has 0 fully saturated rings. The molecule has 0 radical (unpaired) electrons. The first kappa shape index (κ1) is 16.0. The topological polar surface area (TPSA) is 47.6 Å². The van der Waals surface area contributed by atoms with E-state index in [1.54, 1.807) is 0 Å². The van der Waals surface area contributed by atoms with E-state index in [0.29, 0.717) is 0 Å². The van der Waals surface area contributed by atoms with Crippen LogP contribution in [0.15, 0.2) is 30.3 Å². The Labute approximate surface area is 130 Å². The van der Waals surface area contributed by atoms with Crippen molar-refractivity contribution in [3.63, 3.8) is 0 Å². The van der Waals surface area contributed by atoms with E-state index in [4.69, 9.17) is 21.1 Å². The molecule has 22 heavy (non-hydrogen) atoms. The predicted molar refractivity (Wildman–Crippen MR) is 78.9 cm³/mol. The molecule has 1 amide bonds. The third-order valence-electron chi connectivity index (χ3n) is 2.91. The molecule has 7 heteroatoms. The number of ether oxygens (including phenoxy) is 2. The summed E-state index contributed by atoms with van der Waals surface area (Å²) in [5, 5.41) is 2.65. The van der Waals surface area contributed by atoms with Gasteiger partial charge in [0.05, 0.1) is 24.9 Å². The maximum absolute atomic E-state index is 13.6. The Kier molecular flexibility index (Phi) is 4.82. The highest BCUT2D eigenvalue weighted by Gasteiger charge is 2.19. The van der Waals surface area contributed by atoms with Crippen molar-refractivity contribution >= 4 is 23.2 Å². The lowest BCUT2D eigenvalue weighted by atomic mass is 10.1. The van der Waals surface area contributed by atoms with Crippen LogP contribution < -0.4 is 14.8 Å². The van der Waals surface area contributed by atoms with Gasteiger partial charge in [0.15, 0.2) is 0 Å². The van der Waals surface area contributed by atoms with Gasteiger partial charge >= 0.3 is 0 Å². The molecule has 0 spiro atoms. The fraction of sp³-hybridized carbons (Fsp3) is 0.133. The zero-order chi connectivity index (χ0) is 16.3. The lowest BCUT2D eigenvalue weighted by molar-refractivity contribution is 0.101. The molecular weight excluding hydrogens is 316 g/mol. The van der Waals surface area contributed by atoms with Crippen molar-refractivity contribution in [2.45, 2.75) is 0 Å². The Balaban J connectivity index is 2.40. The van der Waals surface area contributed by atoms with Crippen molar-refractivity contribution in [1.29, 1.82) is 0 Å². The molecular formula is C15H12ClF2NO3. The van der Waals surface area contributed by atoms with Gasteiger partial charge in [0.1, 0.15) is 28.7 Å². The normalized spacial score (nSPS) is 10.2. The number of carbonyl (C=O) groups is 1. The van der Waals surface area contributed by atoms with Gasteiger partial charge in [0, 0.05) is 12.1 Å². The van der Waals surface area contributed by atoms with E-state index in [2.05, 4.69) is 5.32 Å². The van der Waals surface area contributed by atoms with Gasteiger partial charge in [-0.3, -0.25) is 4.79 Å². The highest BCUT2D eigenvalue weighted by Crippen LogP contribution is 2.36. The maximum Gasteiger partial charge on any atom is 0.261 e. The molecule has 0 bridgehead atoms. The van der Waals surface area contributed by atoms with Crippen molar-refractivity contribution in [1.82, 2.24) is 0 Å². The van der Waals surface area contributed by atoms with Crippen LogP contribution in [-0.4, -0.2) is 20.1 Å². The van der Waals surface area contributed by atoms with Crippen LogP contribution in [0.5, 0.6) is 11.5 Å². The number of rotatable bonds is 4. The molecule has 0 heterocycles. The van der Waals surface area contributed by atoms with Gasteiger partial charge in [-0.25, -0.2) is 8.78 Å². The zero-order valence-corrected chi connectivity index (χ0v) is 12.5. The van der Waals surface area contributed by atoms with Gasteiger partial charge in [-0.2, -0.15) is 0 Å². The number of amides is 1. The number of benzene rings is 2. The van der Waals surface area contributed by atoms with E-state index in [9.17, 15) is 13.6 Å². The van der Waals surface area contributed by atoms with Crippen molar-refractivity contribution in [3.8, 4) is 11.5 Å². The minimum Gasteiger partial charge on any atom is -0.495 e. The van der Waals surface area contributed by atoms with Crippen LogP contribution in [0.2, 0.25) is 5.02 Å². The van der Waals surface area contributed by atoms with Crippen molar-refractivity contribution < 1.29 is 23.0 Å². The monoisotopic (exact) mass is 327 g/mol. The molecule has 0 aliphatic heterocycles. The molecule has 116 valence electrons. The van der Waals surface area contributed by atoms with Crippen LogP contribution in [0.1, 0.15) is 10.4 Å². The maximum atomic E-state index is 13.6. The first-order valence-electron chi connectivity index (χ1n) is 6.14. The Bertz CT molecular complexity index is 702. The van der Waals surface area contributed by atoms with Crippen molar-refractivity contribution in [3.05, 3.63) is 52.6 Å². The van der Waals surface area contributed by atoms with Crippen LogP contribution in [0.25, 0.3) is 0 Å². The summed E-state index contributed by atoms with van der Waals surface area (Å²) in [6.45, 7) is 0. The summed E-state index contributed by atoms with van der Waals surface area (Å²) in [5.74, 6) is -2.35. The van der Waals surface area contributed by atoms with Crippen molar-refractivity contribution in [2.75, 3.05) is 19.5 Å². The minimum absolute atomic E-state index is 0.177. The molecule has 4 nitrogen and oxygen atoms in total. The lowest BCUT2D eigenvalue weighted by Crippen LogP contribution is -2.16. The smallest absolute Gasteiger partial charge is 0.261 e. The first-order chi connectivity index (χ1) is 10.5. The Morgan fingerprint density at radius 2 is 1.68 bits per heavy atom. The molecule has 0 aliphatic rings. The second-order valence-corrected chi connectivity index (χ2v) is 4.65. The molecule has 0 aromatic heterocycles. The largest absolute Gasteiger partial charge is 0.495 e. The van der Waals surface area contributed by atoms with Gasteiger partial charge in [-0.1, -0.05) is 17.7 Å². The van der Waals surface area contributed by atoms with Crippen LogP contribution in [-0.2, 0) is 0 Å².